The number of nitrogens with one attached hydrogen (secondary N) is 1. The van der Waals surface area contributed by atoms with Crippen molar-refractivity contribution in [2.75, 3.05) is 13.1 Å². The number of piperidine rings is 1. The molecule has 5 nitrogen and oxygen atoms in total. The second kappa shape index (κ2) is 7.40. The van der Waals surface area contributed by atoms with Gasteiger partial charge in [-0.25, -0.2) is 0 Å². The molecule has 7 heteroatoms. The first-order valence-corrected chi connectivity index (χ1v) is 8.81. The average molecular weight is 412 g/mol. The minimum absolute atomic E-state index is 0.0303. The highest BCUT2D eigenvalue weighted by atomic mass is 79.9. The highest BCUT2D eigenvalue weighted by Gasteiger charge is 2.25. The molecule has 2 aromatic rings. The number of nitrogens with zero attached hydrogens (tertiary/aromatic N) is 1. The van der Waals surface area contributed by atoms with Gasteiger partial charge in [0.15, 0.2) is 10.4 Å². The fourth-order valence-electron chi connectivity index (χ4n) is 2.72. The monoisotopic (exact) mass is 410 g/mol. The third-order valence-electron chi connectivity index (χ3n) is 3.99. The molecular formula is C17H16BrClN2O3. The summed E-state index contributed by atoms with van der Waals surface area (Å²) >= 11 is 9.11. The normalized spacial score (nSPS) is 15.3. The molecule has 1 N–H and O–H groups in total. The Bertz CT molecular complexity index is 754. The second-order valence-corrected chi connectivity index (χ2v) is 6.87. The van der Waals surface area contributed by atoms with Crippen molar-refractivity contribution in [2.45, 2.75) is 18.9 Å². The van der Waals surface area contributed by atoms with E-state index < -0.39 is 0 Å². The number of hydrogen-bond donors (Lipinski definition) is 1. The molecule has 1 aliphatic rings. The number of amides is 2. The van der Waals surface area contributed by atoms with Crippen LogP contribution in [0.2, 0.25) is 5.02 Å². The minimum atomic E-state index is -0.236. The second-order valence-electron chi connectivity index (χ2n) is 5.65. The molecular weight excluding hydrogens is 396 g/mol. The quantitative estimate of drug-likeness (QED) is 0.837. The van der Waals surface area contributed by atoms with Crippen molar-refractivity contribution in [1.29, 1.82) is 0 Å². The van der Waals surface area contributed by atoms with Crippen LogP contribution in [0.15, 0.2) is 45.5 Å². The van der Waals surface area contributed by atoms with Crippen LogP contribution in [-0.2, 0) is 0 Å². The van der Waals surface area contributed by atoms with Crippen molar-refractivity contribution in [1.82, 2.24) is 10.2 Å². The molecule has 1 saturated heterocycles. The molecule has 24 heavy (non-hydrogen) atoms. The molecule has 1 aromatic heterocycles. The van der Waals surface area contributed by atoms with Gasteiger partial charge in [0.05, 0.1) is 0 Å². The summed E-state index contributed by atoms with van der Waals surface area (Å²) in [5, 5.41) is 3.49. The number of carbonyl (C=O) groups is 2. The van der Waals surface area contributed by atoms with Crippen LogP contribution in [0.5, 0.6) is 0 Å². The molecule has 0 saturated carbocycles. The van der Waals surface area contributed by atoms with E-state index in [4.69, 9.17) is 16.0 Å². The molecule has 0 bridgehead atoms. The molecule has 0 atom stereocenters. The van der Waals surface area contributed by atoms with E-state index in [9.17, 15) is 9.59 Å². The molecule has 0 unspecified atom stereocenters. The van der Waals surface area contributed by atoms with Crippen LogP contribution in [0.25, 0.3) is 0 Å². The molecule has 2 heterocycles. The first-order chi connectivity index (χ1) is 11.5. The van der Waals surface area contributed by atoms with Gasteiger partial charge in [0.1, 0.15) is 0 Å². The zero-order valence-corrected chi connectivity index (χ0v) is 15.1. The predicted octanol–water partition coefficient (Wildman–Crippen LogP) is 3.73. The maximum Gasteiger partial charge on any atom is 0.287 e. The highest BCUT2D eigenvalue weighted by molar-refractivity contribution is 9.10. The largest absolute Gasteiger partial charge is 0.444 e. The number of furan rings is 1. The van der Waals surface area contributed by atoms with Gasteiger partial charge in [-0.1, -0.05) is 17.7 Å². The number of halogens is 2. The average Bonchev–Trinajstić information content (AvgIpc) is 3.01. The summed E-state index contributed by atoms with van der Waals surface area (Å²) in [4.78, 5) is 26.3. The van der Waals surface area contributed by atoms with Gasteiger partial charge in [-0.3, -0.25) is 9.59 Å². The van der Waals surface area contributed by atoms with E-state index in [1.54, 1.807) is 41.3 Å². The number of likely N-dealkylation sites (tertiary alicyclic amines) is 1. The summed E-state index contributed by atoms with van der Waals surface area (Å²) in [6.45, 7) is 1.19. The SMILES string of the molecule is O=C(NC1CCN(C(=O)c2cccc(Cl)c2)CC1)c1ccc(Br)o1. The standard InChI is InChI=1S/C17H16BrClN2O3/c18-15-5-4-14(24-15)16(22)20-13-6-8-21(9-7-13)17(23)11-2-1-3-12(19)10-11/h1-5,10,13H,6-9H2,(H,20,22). The summed E-state index contributed by atoms with van der Waals surface area (Å²) < 4.78 is 5.77. The zero-order valence-electron chi connectivity index (χ0n) is 12.8. The maximum atomic E-state index is 12.5. The Hall–Kier alpha value is -1.79. The van der Waals surface area contributed by atoms with E-state index in [1.807, 2.05) is 0 Å². The topological polar surface area (TPSA) is 62.6 Å². The molecule has 3 rings (SSSR count). The van der Waals surface area contributed by atoms with Crippen molar-refractivity contribution in [2.24, 2.45) is 0 Å². The van der Waals surface area contributed by atoms with E-state index in [0.717, 1.165) is 0 Å². The Morgan fingerprint density at radius 2 is 1.96 bits per heavy atom. The summed E-state index contributed by atoms with van der Waals surface area (Å²) in [5.74, 6) is 0.0110. The summed E-state index contributed by atoms with van der Waals surface area (Å²) in [7, 11) is 0. The lowest BCUT2D eigenvalue weighted by atomic mass is 10.0. The molecule has 0 spiro atoms. The number of rotatable bonds is 3. The lowest BCUT2D eigenvalue weighted by molar-refractivity contribution is 0.0695. The Balaban J connectivity index is 1.54. The molecule has 126 valence electrons. The van der Waals surface area contributed by atoms with E-state index in [1.165, 1.54) is 0 Å². The van der Waals surface area contributed by atoms with Gasteiger partial charge in [0, 0.05) is 29.7 Å². The van der Waals surface area contributed by atoms with Crippen molar-refractivity contribution >= 4 is 39.3 Å². The first-order valence-electron chi connectivity index (χ1n) is 7.64. The third kappa shape index (κ3) is 3.99. The highest BCUT2D eigenvalue weighted by Crippen LogP contribution is 2.18. The van der Waals surface area contributed by atoms with Crippen LogP contribution < -0.4 is 5.32 Å². The lowest BCUT2D eigenvalue weighted by Gasteiger charge is -2.32. The Morgan fingerprint density at radius 3 is 2.58 bits per heavy atom. The van der Waals surface area contributed by atoms with Crippen LogP contribution in [-0.4, -0.2) is 35.8 Å². The summed E-state index contributed by atoms with van der Waals surface area (Å²) in [6, 6.07) is 10.3. The van der Waals surface area contributed by atoms with E-state index >= 15 is 0 Å². The van der Waals surface area contributed by atoms with E-state index in [2.05, 4.69) is 21.2 Å². The maximum absolute atomic E-state index is 12.5. The van der Waals surface area contributed by atoms with Gasteiger partial charge < -0.3 is 14.6 Å². The van der Waals surface area contributed by atoms with Crippen molar-refractivity contribution in [3.8, 4) is 0 Å². The third-order valence-corrected chi connectivity index (χ3v) is 4.65. The fraction of sp³-hybridized carbons (Fsp3) is 0.294. The van der Waals surface area contributed by atoms with Crippen LogP contribution in [0.4, 0.5) is 0 Å². The number of benzene rings is 1. The fourth-order valence-corrected chi connectivity index (χ4v) is 3.22. The first kappa shape index (κ1) is 17.0. The summed E-state index contributed by atoms with van der Waals surface area (Å²) in [5.41, 5.74) is 0.588. The molecule has 0 aliphatic carbocycles. The van der Waals surface area contributed by atoms with E-state index in [0.29, 0.717) is 41.2 Å². The van der Waals surface area contributed by atoms with Gasteiger partial charge in [0.25, 0.3) is 11.8 Å². The van der Waals surface area contributed by atoms with Gasteiger partial charge in [-0.2, -0.15) is 0 Å². The van der Waals surface area contributed by atoms with Gasteiger partial charge in [-0.15, -0.1) is 0 Å². The summed E-state index contributed by atoms with van der Waals surface area (Å²) in [6.07, 6.45) is 1.42. The Morgan fingerprint density at radius 1 is 1.21 bits per heavy atom. The minimum Gasteiger partial charge on any atom is -0.444 e. The molecule has 1 fully saturated rings. The molecule has 1 aromatic carbocycles. The molecule has 0 radical (unpaired) electrons. The van der Waals surface area contributed by atoms with Gasteiger partial charge in [-0.05, 0) is 59.1 Å². The molecule has 1 aliphatic heterocycles. The number of carbonyl (C=O) groups excluding carboxylic acids is 2. The van der Waals surface area contributed by atoms with Crippen LogP contribution >= 0.6 is 27.5 Å². The van der Waals surface area contributed by atoms with Crippen LogP contribution in [0, 0.1) is 0 Å². The van der Waals surface area contributed by atoms with Gasteiger partial charge >= 0.3 is 0 Å². The smallest absolute Gasteiger partial charge is 0.287 e. The van der Waals surface area contributed by atoms with E-state index in [-0.39, 0.29) is 23.6 Å². The van der Waals surface area contributed by atoms with Crippen LogP contribution in [0.1, 0.15) is 33.8 Å². The number of hydrogen-bond acceptors (Lipinski definition) is 3. The van der Waals surface area contributed by atoms with Crippen LogP contribution in [0.3, 0.4) is 0 Å². The van der Waals surface area contributed by atoms with Crippen molar-refractivity contribution in [3.63, 3.8) is 0 Å². The van der Waals surface area contributed by atoms with Crippen molar-refractivity contribution in [3.05, 3.63) is 57.4 Å². The van der Waals surface area contributed by atoms with Crippen molar-refractivity contribution < 1.29 is 14.0 Å². The Kier molecular flexibility index (Phi) is 5.26. The molecule has 2 amide bonds. The lowest BCUT2D eigenvalue weighted by Crippen LogP contribution is -2.46. The Labute approximate surface area is 153 Å². The zero-order chi connectivity index (χ0) is 17.1. The predicted molar refractivity (Wildman–Crippen MR) is 94.3 cm³/mol. The van der Waals surface area contributed by atoms with Gasteiger partial charge in [0.2, 0.25) is 0 Å².